The van der Waals surface area contributed by atoms with Gasteiger partial charge in [-0.15, -0.1) is 0 Å². The van der Waals surface area contributed by atoms with Crippen molar-refractivity contribution >= 4 is 0 Å². The van der Waals surface area contributed by atoms with Crippen molar-refractivity contribution in [3.05, 3.63) is 42.0 Å². The first-order valence-electron chi connectivity index (χ1n) is 4.11. The number of allylic oxidation sites excluding steroid dienone is 2. The van der Waals surface area contributed by atoms with E-state index < -0.39 is 0 Å². The summed E-state index contributed by atoms with van der Waals surface area (Å²) in [4.78, 5) is 0. The molecule has 0 bridgehead atoms. The molecule has 64 valence electrons. The van der Waals surface area contributed by atoms with Crippen LogP contribution < -0.4 is 4.74 Å². The van der Waals surface area contributed by atoms with Gasteiger partial charge in [0.2, 0.25) is 0 Å². The Hall–Kier alpha value is -1.24. The standard InChI is InChI=1S/C11H14O/c1-3-4-7-10-8-5-6-9-11(10)12-2/h3-6,8-9H,7H2,1-2H3. The lowest BCUT2D eigenvalue weighted by molar-refractivity contribution is 0.410. The lowest BCUT2D eigenvalue weighted by Gasteiger charge is -2.04. The molecule has 0 saturated heterocycles. The van der Waals surface area contributed by atoms with Crippen molar-refractivity contribution in [3.8, 4) is 5.75 Å². The van der Waals surface area contributed by atoms with Crippen LogP contribution in [0, 0.1) is 0 Å². The third-order valence-electron chi connectivity index (χ3n) is 1.77. The molecule has 0 spiro atoms. The quantitative estimate of drug-likeness (QED) is 0.621. The molecule has 1 aromatic rings. The highest BCUT2D eigenvalue weighted by molar-refractivity contribution is 5.34. The first kappa shape index (κ1) is 8.85. The van der Waals surface area contributed by atoms with Crippen LogP contribution in [0.5, 0.6) is 5.75 Å². The van der Waals surface area contributed by atoms with E-state index in [0.29, 0.717) is 0 Å². The fourth-order valence-electron chi connectivity index (χ4n) is 1.12. The van der Waals surface area contributed by atoms with E-state index in [1.165, 1.54) is 5.56 Å². The van der Waals surface area contributed by atoms with Gasteiger partial charge in [0.1, 0.15) is 5.75 Å². The van der Waals surface area contributed by atoms with Crippen molar-refractivity contribution in [1.29, 1.82) is 0 Å². The van der Waals surface area contributed by atoms with Gasteiger partial charge in [-0.25, -0.2) is 0 Å². The SMILES string of the molecule is CC=CCc1ccccc1OC. The van der Waals surface area contributed by atoms with E-state index in [0.717, 1.165) is 12.2 Å². The number of ether oxygens (including phenoxy) is 1. The Labute approximate surface area is 73.7 Å². The normalized spacial score (nSPS) is 10.5. The van der Waals surface area contributed by atoms with Crippen LogP contribution in [0.25, 0.3) is 0 Å². The van der Waals surface area contributed by atoms with Crippen molar-refractivity contribution in [2.24, 2.45) is 0 Å². The first-order chi connectivity index (χ1) is 5.88. The second kappa shape index (κ2) is 4.60. The van der Waals surface area contributed by atoms with Gasteiger partial charge in [0.05, 0.1) is 7.11 Å². The summed E-state index contributed by atoms with van der Waals surface area (Å²) in [5.41, 5.74) is 1.23. The topological polar surface area (TPSA) is 9.23 Å². The predicted molar refractivity (Wildman–Crippen MR) is 51.5 cm³/mol. The van der Waals surface area contributed by atoms with Gasteiger partial charge in [0.15, 0.2) is 0 Å². The molecular formula is C11H14O. The summed E-state index contributed by atoms with van der Waals surface area (Å²) < 4.78 is 5.21. The average Bonchev–Trinajstić information content (AvgIpc) is 2.15. The van der Waals surface area contributed by atoms with Gasteiger partial charge in [-0.05, 0) is 25.0 Å². The summed E-state index contributed by atoms with van der Waals surface area (Å²) in [5, 5.41) is 0. The molecule has 0 unspecified atom stereocenters. The second-order valence-corrected chi connectivity index (χ2v) is 2.59. The molecule has 0 saturated carbocycles. The molecule has 0 amide bonds. The van der Waals surface area contributed by atoms with Gasteiger partial charge >= 0.3 is 0 Å². The summed E-state index contributed by atoms with van der Waals surface area (Å²) in [6.45, 7) is 2.02. The van der Waals surface area contributed by atoms with Gasteiger partial charge in [0, 0.05) is 0 Å². The van der Waals surface area contributed by atoms with Crippen molar-refractivity contribution in [2.75, 3.05) is 7.11 Å². The molecule has 0 aliphatic rings. The maximum atomic E-state index is 5.21. The van der Waals surface area contributed by atoms with Crippen LogP contribution >= 0.6 is 0 Å². The van der Waals surface area contributed by atoms with E-state index in [9.17, 15) is 0 Å². The summed E-state index contributed by atoms with van der Waals surface area (Å²) >= 11 is 0. The zero-order valence-corrected chi connectivity index (χ0v) is 7.58. The summed E-state index contributed by atoms with van der Waals surface area (Å²) in [6.07, 6.45) is 5.12. The van der Waals surface area contributed by atoms with Gasteiger partial charge in [-0.3, -0.25) is 0 Å². The Balaban J connectivity index is 2.81. The van der Waals surface area contributed by atoms with Crippen molar-refractivity contribution in [1.82, 2.24) is 0 Å². The Bertz CT molecular complexity index is 263. The monoisotopic (exact) mass is 162 g/mol. The van der Waals surface area contributed by atoms with E-state index in [4.69, 9.17) is 4.74 Å². The van der Waals surface area contributed by atoms with E-state index in [1.807, 2.05) is 31.2 Å². The van der Waals surface area contributed by atoms with E-state index in [-0.39, 0.29) is 0 Å². The number of hydrogen-bond donors (Lipinski definition) is 0. The number of rotatable bonds is 3. The number of para-hydroxylation sites is 1. The summed E-state index contributed by atoms with van der Waals surface area (Å²) in [7, 11) is 1.70. The molecule has 0 heterocycles. The number of methoxy groups -OCH3 is 1. The van der Waals surface area contributed by atoms with Gasteiger partial charge in [-0.2, -0.15) is 0 Å². The Morgan fingerprint density at radius 1 is 1.33 bits per heavy atom. The molecule has 12 heavy (non-hydrogen) atoms. The third kappa shape index (κ3) is 2.12. The number of benzene rings is 1. The Morgan fingerprint density at radius 3 is 2.75 bits per heavy atom. The minimum atomic E-state index is 0.945. The predicted octanol–water partition coefficient (Wildman–Crippen LogP) is 2.81. The molecule has 1 rings (SSSR count). The molecule has 0 aliphatic heterocycles. The molecule has 1 aromatic carbocycles. The van der Waals surface area contributed by atoms with Crippen LogP contribution in [0.2, 0.25) is 0 Å². The highest BCUT2D eigenvalue weighted by Gasteiger charge is 1.97. The van der Waals surface area contributed by atoms with Crippen molar-refractivity contribution < 1.29 is 4.74 Å². The minimum absolute atomic E-state index is 0.945. The van der Waals surface area contributed by atoms with Gasteiger partial charge in [-0.1, -0.05) is 30.4 Å². The first-order valence-corrected chi connectivity index (χ1v) is 4.11. The van der Waals surface area contributed by atoms with Crippen LogP contribution in [0.3, 0.4) is 0 Å². The zero-order chi connectivity index (χ0) is 8.81. The molecule has 0 fully saturated rings. The van der Waals surface area contributed by atoms with E-state index >= 15 is 0 Å². The largest absolute Gasteiger partial charge is 0.496 e. The van der Waals surface area contributed by atoms with Gasteiger partial charge in [0.25, 0.3) is 0 Å². The Morgan fingerprint density at radius 2 is 2.08 bits per heavy atom. The van der Waals surface area contributed by atoms with Crippen LogP contribution in [0.4, 0.5) is 0 Å². The molecule has 0 aromatic heterocycles. The van der Waals surface area contributed by atoms with E-state index in [2.05, 4.69) is 12.1 Å². The van der Waals surface area contributed by atoms with Gasteiger partial charge < -0.3 is 4.74 Å². The van der Waals surface area contributed by atoms with E-state index in [1.54, 1.807) is 7.11 Å². The molecule has 1 heteroatoms. The highest BCUT2D eigenvalue weighted by Crippen LogP contribution is 2.17. The highest BCUT2D eigenvalue weighted by atomic mass is 16.5. The smallest absolute Gasteiger partial charge is 0.122 e. The lowest BCUT2D eigenvalue weighted by Crippen LogP contribution is -1.89. The van der Waals surface area contributed by atoms with Crippen molar-refractivity contribution in [3.63, 3.8) is 0 Å². The molecular weight excluding hydrogens is 148 g/mol. The molecule has 0 radical (unpaired) electrons. The van der Waals surface area contributed by atoms with Crippen LogP contribution in [-0.2, 0) is 6.42 Å². The average molecular weight is 162 g/mol. The summed E-state index contributed by atoms with van der Waals surface area (Å²) in [5.74, 6) is 0.968. The number of hydrogen-bond acceptors (Lipinski definition) is 1. The van der Waals surface area contributed by atoms with Crippen molar-refractivity contribution in [2.45, 2.75) is 13.3 Å². The third-order valence-corrected chi connectivity index (χ3v) is 1.77. The molecule has 0 N–H and O–H groups in total. The minimum Gasteiger partial charge on any atom is -0.496 e. The molecule has 0 aliphatic carbocycles. The summed E-state index contributed by atoms with van der Waals surface area (Å²) in [6, 6.07) is 8.08. The zero-order valence-electron chi connectivity index (χ0n) is 7.58. The fraction of sp³-hybridized carbons (Fsp3) is 0.273. The maximum Gasteiger partial charge on any atom is 0.122 e. The second-order valence-electron chi connectivity index (χ2n) is 2.59. The van der Waals surface area contributed by atoms with Crippen LogP contribution in [0.15, 0.2) is 36.4 Å². The lowest BCUT2D eigenvalue weighted by atomic mass is 10.1. The van der Waals surface area contributed by atoms with Crippen LogP contribution in [0.1, 0.15) is 12.5 Å². The van der Waals surface area contributed by atoms with Crippen LogP contribution in [-0.4, -0.2) is 7.11 Å². The maximum absolute atomic E-state index is 5.21. The molecule has 1 nitrogen and oxygen atoms in total. The molecule has 0 atom stereocenters. The fourth-order valence-corrected chi connectivity index (χ4v) is 1.12. The Kier molecular flexibility index (Phi) is 3.39.